The van der Waals surface area contributed by atoms with Gasteiger partial charge >= 0.3 is 0 Å². The van der Waals surface area contributed by atoms with Crippen LogP contribution in [0.1, 0.15) is 26.3 Å². The van der Waals surface area contributed by atoms with E-state index in [1.54, 1.807) is 12.1 Å². The van der Waals surface area contributed by atoms with E-state index in [9.17, 15) is 5.11 Å². The summed E-state index contributed by atoms with van der Waals surface area (Å²) in [5, 5.41) is 9.52. The summed E-state index contributed by atoms with van der Waals surface area (Å²) in [6.45, 7) is 6.50. The molecule has 3 nitrogen and oxygen atoms in total. The molecule has 0 bridgehead atoms. The summed E-state index contributed by atoms with van der Waals surface area (Å²) < 4.78 is 5.67. The van der Waals surface area contributed by atoms with Crippen molar-refractivity contribution in [2.24, 2.45) is 0 Å². The molecule has 0 spiro atoms. The summed E-state index contributed by atoms with van der Waals surface area (Å²) in [4.78, 5) is 0. The summed E-state index contributed by atoms with van der Waals surface area (Å²) in [6.07, 6.45) is 0. The highest BCUT2D eigenvalue weighted by Gasteiger charge is 2.13. The number of ether oxygens (including phenoxy) is 1. The Morgan fingerprint density at radius 3 is 2.05 bits per heavy atom. The molecule has 19 heavy (non-hydrogen) atoms. The predicted molar refractivity (Wildman–Crippen MR) is 77.7 cm³/mol. The van der Waals surface area contributed by atoms with E-state index in [0.29, 0.717) is 11.4 Å². The van der Waals surface area contributed by atoms with Gasteiger partial charge in [0.1, 0.15) is 17.2 Å². The highest BCUT2D eigenvalue weighted by atomic mass is 16.5. The topological polar surface area (TPSA) is 55.5 Å². The standard InChI is InChI=1S/C16H19NO2/c1-16(2,3)11-4-6-12(7-5-11)19-13-8-9-14(17)15(18)10-13/h4-10,18H,17H2,1-3H3. The Morgan fingerprint density at radius 2 is 1.53 bits per heavy atom. The van der Waals surface area contributed by atoms with Crippen LogP contribution in [0.25, 0.3) is 0 Å². The van der Waals surface area contributed by atoms with Crippen molar-refractivity contribution >= 4 is 5.69 Å². The summed E-state index contributed by atoms with van der Waals surface area (Å²) >= 11 is 0. The highest BCUT2D eigenvalue weighted by molar-refractivity contribution is 5.55. The van der Waals surface area contributed by atoms with Gasteiger partial charge in [-0.15, -0.1) is 0 Å². The predicted octanol–water partition coefficient (Wildman–Crippen LogP) is 4.06. The van der Waals surface area contributed by atoms with Gasteiger partial charge < -0.3 is 15.6 Å². The fourth-order valence-electron chi connectivity index (χ4n) is 1.75. The summed E-state index contributed by atoms with van der Waals surface area (Å²) in [5.41, 5.74) is 7.26. The number of hydrogen-bond acceptors (Lipinski definition) is 3. The zero-order valence-electron chi connectivity index (χ0n) is 11.5. The number of phenols is 1. The molecule has 0 amide bonds. The maximum Gasteiger partial charge on any atom is 0.142 e. The van der Waals surface area contributed by atoms with E-state index in [2.05, 4.69) is 20.8 Å². The molecular formula is C16H19NO2. The molecule has 0 aliphatic rings. The monoisotopic (exact) mass is 257 g/mol. The molecule has 0 aliphatic heterocycles. The molecule has 0 saturated heterocycles. The van der Waals surface area contributed by atoms with E-state index >= 15 is 0 Å². The molecule has 100 valence electrons. The summed E-state index contributed by atoms with van der Waals surface area (Å²) in [5.74, 6) is 1.33. The first kappa shape index (κ1) is 13.3. The van der Waals surface area contributed by atoms with Crippen molar-refractivity contribution in [3.8, 4) is 17.2 Å². The minimum Gasteiger partial charge on any atom is -0.506 e. The zero-order chi connectivity index (χ0) is 14.0. The van der Waals surface area contributed by atoms with Crippen LogP contribution >= 0.6 is 0 Å². The number of hydrogen-bond donors (Lipinski definition) is 2. The van der Waals surface area contributed by atoms with Crippen LogP contribution in [-0.4, -0.2) is 5.11 Å². The number of nitrogens with two attached hydrogens (primary N) is 1. The second-order valence-electron chi connectivity index (χ2n) is 5.60. The van der Waals surface area contributed by atoms with Crippen molar-refractivity contribution in [2.75, 3.05) is 5.73 Å². The van der Waals surface area contributed by atoms with Crippen molar-refractivity contribution in [1.82, 2.24) is 0 Å². The fourth-order valence-corrected chi connectivity index (χ4v) is 1.75. The van der Waals surface area contributed by atoms with Gasteiger partial charge in [-0.05, 0) is 35.2 Å². The van der Waals surface area contributed by atoms with Crippen LogP contribution in [0.4, 0.5) is 5.69 Å². The van der Waals surface area contributed by atoms with Crippen molar-refractivity contribution in [3.63, 3.8) is 0 Å². The van der Waals surface area contributed by atoms with Crippen LogP contribution in [0.2, 0.25) is 0 Å². The molecule has 0 heterocycles. The Morgan fingerprint density at radius 1 is 0.947 bits per heavy atom. The lowest BCUT2D eigenvalue weighted by Crippen LogP contribution is -2.10. The van der Waals surface area contributed by atoms with Crippen molar-refractivity contribution in [1.29, 1.82) is 0 Å². The van der Waals surface area contributed by atoms with E-state index in [1.165, 1.54) is 11.6 Å². The van der Waals surface area contributed by atoms with Gasteiger partial charge in [0.05, 0.1) is 5.69 Å². The number of rotatable bonds is 2. The van der Waals surface area contributed by atoms with Crippen LogP contribution < -0.4 is 10.5 Å². The smallest absolute Gasteiger partial charge is 0.142 e. The molecule has 2 rings (SSSR count). The maximum atomic E-state index is 9.52. The van der Waals surface area contributed by atoms with Crippen LogP contribution in [-0.2, 0) is 5.41 Å². The first-order valence-electron chi connectivity index (χ1n) is 6.23. The lowest BCUT2D eigenvalue weighted by atomic mass is 9.87. The number of nitrogen functional groups attached to an aromatic ring is 1. The average molecular weight is 257 g/mol. The van der Waals surface area contributed by atoms with Gasteiger partial charge in [0.25, 0.3) is 0 Å². The average Bonchev–Trinajstić information content (AvgIpc) is 2.33. The number of benzene rings is 2. The largest absolute Gasteiger partial charge is 0.506 e. The third-order valence-electron chi connectivity index (χ3n) is 2.96. The quantitative estimate of drug-likeness (QED) is 0.630. The molecule has 0 radical (unpaired) electrons. The number of aromatic hydroxyl groups is 1. The minimum absolute atomic E-state index is 0.0313. The Labute approximate surface area is 113 Å². The second-order valence-corrected chi connectivity index (χ2v) is 5.60. The fraction of sp³-hybridized carbons (Fsp3) is 0.250. The van der Waals surface area contributed by atoms with Crippen molar-refractivity contribution in [3.05, 3.63) is 48.0 Å². The third kappa shape index (κ3) is 3.19. The maximum absolute atomic E-state index is 9.52. The lowest BCUT2D eigenvalue weighted by Gasteiger charge is -2.19. The SMILES string of the molecule is CC(C)(C)c1ccc(Oc2ccc(N)c(O)c2)cc1. The molecule has 3 heteroatoms. The van der Waals surface area contributed by atoms with E-state index in [0.717, 1.165) is 5.75 Å². The van der Waals surface area contributed by atoms with Gasteiger partial charge in [-0.1, -0.05) is 32.9 Å². The normalized spacial score (nSPS) is 11.3. The number of phenolic OH excluding ortho intramolecular Hbond substituents is 1. The van der Waals surface area contributed by atoms with Gasteiger partial charge in [-0.3, -0.25) is 0 Å². The Kier molecular flexibility index (Phi) is 3.38. The molecule has 0 saturated carbocycles. The van der Waals surface area contributed by atoms with Crippen molar-refractivity contribution in [2.45, 2.75) is 26.2 Å². The molecular weight excluding hydrogens is 238 g/mol. The molecule has 0 atom stereocenters. The van der Waals surface area contributed by atoms with Gasteiger partial charge in [-0.25, -0.2) is 0 Å². The van der Waals surface area contributed by atoms with Gasteiger partial charge in [-0.2, -0.15) is 0 Å². The molecule has 0 aliphatic carbocycles. The summed E-state index contributed by atoms with van der Waals surface area (Å²) in [6, 6.07) is 12.8. The lowest BCUT2D eigenvalue weighted by molar-refractivity contribution is 0.456. The first-order chi connectivity index (χ1) is 8.86. The zero-order valence-corrected chi connectivity index (χ0v) is 11.5. The second kappa shape index (κ2) is 4.84. The van der Waals surface area contributed by atoms with Crippen molar-refractivity contribution < 1.29 is 9.84 Å². The highest BCUT2D eigenvalue weighted by Crippen LogP contribution is 2.30. The van der Waals surface area contributed by atoms with E-state index in [-0.39, 0.29) is 11.2 Å². The van der Waals surface area contributed by atoms with E-state index < -0.39 is 0 Å². The molecule has 2 aromatic rings. The Balaban J connectivity index is 2.17. The van der Waals surface area contributed by atoms with Gasteiger partial charge in [0.15, 0.2) is 0 Å². The van der Waals surface area contributed by atoms with Gasteiger partial charge in [0.2, 0.25) is 0 Å². The van der Waals surface area contributed by atoms with Crippen LogP contribution in [0.15, 0.2) is 42.5 Å². The van der Waals surface area contributed by atoms with Crippen LogP contribution in [0, 0.1) is 0 Å². The Hall–Kier alpha value is -2.16. The van der Waals surface area contributed by atoms with E-state index in [1.807, 2.05) is 24.3 Å². The molecule has 0 unspecified atom stereocenters. The Bertz CT molecular complexity index is 568. The molecule has 0 fully saturated rings. The molecule has 3 N–H and O–H groups in total. The molecule has 0 aromatic heterocycles. The van der Waals surface area contributed by atoms with E-state index in [4.69, 9.17) is 10.5 Å². The third-order valence-corrected chi connectivity index (χ3v) is 2.96. The first-order valence-corrected chi connectivity index (χ1v) is 6.23. The summed E-state index contributed by atoms with van der Waals surface area (Å²) in [7, 11) is 0. The minimum atomic E-state index is 0.0313. The number of anilines is 1. The molecule has 2 aromatic carbocycles. The van der Waals surface area contributed by atoms with Crippen LogP contribution in [0.3, 0.4) is 0 Å². The van der Waals surface area contributed by atoms with Gasteiger partial charge in [0, 0.05) is 6.07 Å². The van der Waals surface area contributed by atoms with Crippen LogP contribution in [0.5, 0.6) is 17.2 Å².